The third kappa shape index (κ3) is 3.11. The average Bonchev–Trinajstić information content (AvgIpc) is 2.53. The van der Waals surface area contributed by atoms with Crippen LogP contribution in [0.15, 0.2) is 18.2 Å². The highest BCUT2D eigenvalue weighted by Crippen LogP contribution is 2.26. The fourth-order valence-electron chi connectivity index (χ4n) is 2.33. The lowest BCUT2D eigenvalue weighted by atomic mass is 10.0. The number of rotatable bonds is 5. The summed E-state index contributed by atoms with van der Waals surface area (Å²) in [5, 5.41) is 0. The molecule has 1 atom stereocenters. The summed E-state index contributed by atoms with van der Waals surface area (Å²) in [5.74, 6) is 1.13. The molecular weight excluding hydrogens is 258 g/mol. The molecule has 0 amide bonds. The lowest BCUT2D eigenvalue weighted by Crippen LogP contribution is -2.45. The molecule has 0 aromatic heterocycles. The number of hydrogen-bond acceptors (Lipinski definition) is 5. The van der Waals surface area contributed by atoms with Gasteiger partial charge in [0.25, 0.3) is 0 Å². The van der Waals surface area contributed by atoms with E-state index in [-0.39, 0.29) is 5.78 Å². The molecule has 1 aromatic carbocycles. The van der Waals surface area contributed by atoms with Gasteiger partial charge in [0.2, 0.25) is 0 Å². The number of likely N-dealkylation sites (N-methyl/N-ethyl adjacent to an activating group) is 1. The highest BCUT2D eigenvalue weighted by atomic mass is 16.5. The van der Waals surface area contributed by atoms with E-state index >= 15 is 0 Å². The van der Waals surface area contributed by atoms with Crippen LogP contribution in [0.4, 0.5) is 0 Å². The summed E-state index contributed by atoms with van der Waals surface area (Å²) in [4.78, 5) is 14.8. The maximum absolute atomic E-state index is 12.6. The molecule has 1 heterocycles. The Morgan fingerprint density at radius 3 is 2.85 bits per heavy atom. The Labute approximate surface area is 119 Å². The van der Waals surface area contributed by atoms with E-state index in [1.165, 1.54) is 0 Å². The first-order chi connectivity index (χ1) is 9.69. The van der Waals surface area contributed by atoms with Crippen molar-refractivity contribution in [1.82, 2.24) is 4.90 Å². The predicted molar refractivity (Wildman–Crippen MR) is 75.7 cm³/mol. The summed E-state index contributed by atoms with van der Waals surface area (Å²) in [6.45, 7) is 5.07. The van der Waals surface area contributed by atoms with Crippen molar-refractivity contribution in [3.63, 3.8) is 0 Å². The van der Waals surface area contributed by atoms with Crippen molar-refractivity contribution in [2.24, 2.45) is 0 Å². The standard InChI is InChI=1S/C15H21NO4/c1-4-16-7-8-20-14(10-16)15(17)12-9-11(18-2)5-6-13(12)19-3/h5-6,9,14H,4,7-8,10H2,1-3H3. The second-order valence-electron chi connectivity index (χ2n) is 4.68. The van der Waals surface area contributed by atoms with Crippen LogP contribution in [0.1, 0.15) is 17.3 Å². The maximum atomic E-state index is 12.6. The number of ketones is 1. The molecule has 0 aliphatic carbocycles. The second-order valence-corrected chi connectivity index (χ2v) is 4.68. The molecule has 20 heavy (non-hydrogen) atoms. The predicted octanol–water partition coefficient (Wildman–Crippen LogP) is 1.61. The SMILES string of the molecule is CCN1CCOC(C(=O)c2cc(OC)ccc2OC)C1. The lowest BCUT2D eigenvalue weighted by Gasteiger charge is -2.31. The van der Waals surface area contributed by atoms with Gasteiger partial charge in [0.15, 0.2) is 5.78 Å². The first-order valence-corrected chi connectivity index (χ1v) is 6.79. The highest BCUT2D eigenvalue weighted by Gasteiger charge is 2.28. The van der Waals surface area contributed by atoms with E-state index in [2.05, 4.69) is 11.8 Å². The van der Waals surface area contributed by atoms with Gasteiger partial charge >= 0.3 is 0 Å². The van der Waals surface area contributed by atoms with Crippen LogP contribution < -0.4 is 9.47 Å². The minimum atomic E-state index is -0.440. The largest absolute Gasteiger partial charge is 0.497 e. The van der Waals surface area contributed by atoms with Gasteiger partial charge in [-0.2, -0.15) is 0 Å². The number of benzene rings is 1. The molecule has 0 N–H and O–H groups in total. The molecule has 5 nitrogen and oxygen atoms in total. The third-order valence-corrected chi connectivity index (χ3v) is 3.56. The van der Waals surface area contributed by atoms with Gasteiger partial charge in [0.05, 0.1) is 26.4 Å². The minimum absolute atomic E-state index is 0.0566. The lowest BCUT2D eigenvalue weighted by molar-refractivity contribution is -0.0149. The Morgan fingerprint density at radius 1 is 1.40 bits per heavy atom. The first-order valence-electron chi connectivity index (χ1n) is 6.79. The zero-order chi connectivity index (χ0) is 14.5. The molecule has 1 unspecified atom stereocenters. The van der Waals surface area contributed by atoms with Crippen LogP contribution in [0, 0.1) is 0 Å². The van der Waals surface area contributed by atoms with E-state index in [0.29, 0.717) is 30.2 Å². The summed E-state index contributed by atoms with van der Waals surface area (Å²) in [7, 11) is 3.13. The summed E-state index contributed by atoms with van der Waals surface area (Å²) < 4.78 is 16.1. The van der Waals surface area contributed by atoms with E-state index in [9.17, 15) is 4.79 Å². The molecule has 2 rings (SSSR count). The zero-order valence-corrected chi connectivity index (χ0v) is 12.2. The summed E-state index contributed by atoms with van der Waals surface area (Å²) >= 11 is 0. The summed E-state index contributed by atoms with van der Waals surface area (Å²) in [6.07, 6.45) is -0.440. The Balaban J connectivity index is 2.23. The quantitative estimate of drug-likeness (QED) is 0.766. The number of morpholine rings is 1. The number of ether oxygens (including phenoxy) is 3. The van der Waals surface area contributed by atoms with Gasteiger partial charge in [-0.15, -0.1) is 0 Å². The molecule has 0 bridgehead atoms. The molecule has 1 aliphatic heterocycles. The molecule has 110 valence electrons. The molecule has 1 saturated heterocycles. The van der Waals surface area contributed by atoms with Gasteiger partial charge in [-0.25, -0.2) is 0 Å². The molecular formula is C15H21NO4. The van der Waals surface area contributed by atoms with Crippen LogP contribution in [0.3, 0.4) is 0 Å². The van der Waals surface area contributed by atoms with Crippen LogP contribution in [0.25, 0.3) is 0 Å². The zero-order valence-electron chi connectivity index (χ0n) is 12.2. The van der Waals surface area contributed by atoms with Crippen LogP contribution in [-0.2, 0) is 4.74 Å². The van der Waals surface area contributed by atoms with Crippen LogP contribution in [-0.4, -0.2) is 57.2 Å². The van der Waals surface area contributed by atoms with Crippen molar-refractivity contribution in [2.45, 2.75) is 13.0 Å². The van der Waals surface area contributed by atoms with Gasteiger partial charge in [0, 0.05) is 13.1 Å². The summed E-state index contributed by atoms with van der Waals surface area (Å²) in [6, 6.07) is 5.22. The third-order valence-electron chi connectivity index (χ3n) is 3.56. The summed E-state index contributed by atoms with van der Waals surface area (Å²) in [5.41, 5.74) is 0.509. The van der Waals surface area contributed by atoms with Crippen LogP contribution in [0.5, 0.6) is 11.5 Å². The molecule has 5 heteroatoms. The molecule has 1 aromatic rings. The average molecular weight is 279 g/mol. The van der Waals surface area contributed by atoms with Crippen molar-refractivity contribution in [3.05, 3.63) is 23.8 Å². The van der Waals surface area contributed by atoms with Crippen molar-refractivity contribution in [2.75, 3.05) is 40.5 Å². The van der Waals surface area contributed by atoms with Gasteiger partial charge in [-0.05, 0) is 24.7 Å². The van der Waals surface area contributed by atoms with E-state index in [1.807, 2.05) is 0 Å². The van der Waals surface area contributed by atoms with E-state index in [0.717, 1.165) is 13.1 Å². The van der Waals surface area contributed by atoms with Crippen molar-refractivity contribution < 1.29 is 19.0 Å². The number of Topliss-reactive ketones (excluding diaryl/α,β-unsaturated/α-hetero) is 1. The first kappa shape index (κ1) is 14.8. The van der Waals surface area contributed by atoms with Crippen molar-refractivity contribution in [1.29, 1.82) is 0 Å². The molecule has 1 fully saturated rings. The van der Waals surface area contributed by atoms with Crippen LogP contribution >= 0.6 is 0 Å². The topological polar surface area (TPSA) is 48.0 Å². The van der Waals surface area contributed by atoms with E-state index in [4.69, 9.17) is 14.2 Å². The Bertz CT molecular complexity index is 475. The maximum Gasteiger partial charge on any atom is 0.196 e. The molecule has 0 spiro atoms. The minimum Gasteiger partial charge on any atom is -0.497 e. The molecule has 1 aliphatic rings. The van der Waals surface area contributed by atoms with Gasteiger partial charge in [0.1, 0.15) is 17.6 Å². The monoisotopic (exact) mass is 279 g/mol. The van der Waals surface area contributed by atoms with Crippen molar-refractivity contribution in [3.8, 4) is 11.5 Å². The number of carbonyl (C=O) groups excluding carboxylic acids is 1. The van der Waals surface area contributed by atoms with Crippen molar-refractivity contribution >= 4 is 5.78 Å². The second kappa shape index (κ2) is 6.72. The Kier molecular flexibility index (Phi) is 4.98. The fraction of sp³-hybridized carbons (Fsp3) is 0.533. The molecule has 0 radical (unpaired) electrons. The van der Waals surface area contributed by atoms with Gasteiger partial charge < -0.3 is 14.2 Å². The Morgan fingerprint density at radius 2 is 2.20 bits per heavy atom. The smallest absolute Gasteiger partial charge is 0.196 e. The number of hydrogen-bond donors (Lipinski definition) is 0. The number of carbonyl (C=O) groups is 1. The van der Waals surface area contributed by atoms with Crippen LogP contribution in [0.2, 0.25) is 0 Å². The van der Waals surface area contributed by atoms with Gasteiger partial charge in [-0.1, -0.05) is 6.92 Å². The number of nitrogens with zero attached hydrogens (tertiary/aromatic N) is 1. The Hall–Kier alpha value is -1.59. The fourth-order valence-corrected chi connectivity index (χ4v) is 2.33. The van der Waals surface area contributed by atoms with E-state index < -0.39 is 6.10 Å². The highest BCUT2D eigenvalue weighted by molar-refractivity contribution is 6.02. The molecule has 0 saturated carbocycles. The normalized spacial score (nSPS) is 19.6. The van der Waals surface area contributed by atoms with Gasteiger partial charge in [-0.3, -0.25) is 9.69 Å². The number of methoxy groups -OCH3 is 2. The van der Waals surface area contributed by atoms with E-state index in [1.54, 1.807) is 32.4 Å².